The number of anilines is 2. The molecular weight excluding hydrogens is 314 g/mol. The lowest BCUT2D eigenvalue weighted by atomic mass is 10.1. The molecule has 1 aromatic carbocycles. The van der Waals surface area contributed by atoms with Crippen molar-refractivity contribution in [3.8, 4) is 0 Å². The number of amides is 1. The number of morpholine rings is 1. The highest BCUT2D eigenvalue weighted by molar-refractivity contribution is 5.93. The fourth-order valence-corrected chi connectivity index (χ4v) is 3.81. The SMILES string of the molecule is C[C@H](C(=O)Nc1ccc(N2CCOCC2)cc1)[NH+]1CCCCCCC1. The third-order valence-corrected chi connectivity index (χ3v) is 5.51. The molecule has 3 rings (SSSR count). The first-order valence-corrected chi connectivity index (χ1v) is 9.82. The fraction of sp³-hybridized carbons (Fsp3) is 0.650. The summed E-state index contributed by atoms with van der Waals surface area (Å²) in [6.45, 7) is 7.73. The largest absolute Gasteiger partial charge is 0.378 e. The summed E-state index contributed by atoms with van der Waals surface area (Å²) in [5.74, 6) is 0.134. The Hall–Kier alpha value is -1.59. The quantitative estimate of drug-likeness (QED) is 0.872. The molecule has 0 saturated carbocycles. The van der Waals surface area contributed by atoms with Crippen molar-refractivity contribution >= 4 is 17.3 Å². The Labute approximate surface area is 151 Å². The van der Waals surface area contributed by atoms with E-state index in [1.165, 1.54) is 42.7 Å². The Morgan fingerprint density at radius 3 is 2.28 bits per heavy atom. The number of benzene rings is 1. The number of carbonyl (C=O) groups is 1. The van der Waals surface area contributed by atoms with Gasteiger partial charge < -0.3 is 19.9 Å². The van der Waals surface area contributed by atoms with Crippen LogP contribution in [0.1, 0.15) is 39.0 Å². The molecule has 1 atom stereocenters. The predicted octanol–water partition coefficient (Wildman–Crippen LogP) is 1.70. The van der Waals surface area contributed by atoms with Crippen molar-refractivity contribution < 1.29 is 14.4 Å². The zero-order valence-corrected chi connectivity index (χ0v) is 15.4. The zero-order valence-electron chi connectivity index (χ0n) is 15.4. The third kappa shape index (κ3) is 5.19. The van der Waals surface area contributed by atoms with Gasteiger partial charge in [-0.2, -0.15) is 0 Å². The van der Waals surface area contributed by atoms with Crippen LogP contribution < -0.4 is 15.1 Å². The number of hydrogen-bond acceptors (Lipinski definition) is 3. The Kier molecular flexibility index (Phi) is 6.70. The van der Waals surface area contributed by atoms with E-state index >= 15 is 0 Å². The van der Waals surface area contributed by atoms with Crippen LogP contribution in [0.2, 0.25) is 0 Å². The molecule has 0 spiro atoms. The van der Waals surface area contributed by atoms with Crippen molar-refractivity contribution in [3.63, 3.8) is 0 Å². The van der Waals surface area contributed by atoms with E-state index in [9.17, 15) is 4.79 Å². The molecule has 0 bridgehead atoms. The Morgan fingerprint density at radius 2 is 1.64 bits per heavy atom. The molecule has 2 saturated heterocycles. The van der Waals surface area contributed by atoms with Gasteiger partial charge in [-0.05, 0) is 56.9 Å². The van der Waals surface area contributed by atoms with Gasteiger partial charge in [0.15, 0.2) is 6.04 Å². The summed E-state index contributed by atoms with van der Waals surface area (Å²) < 4.78 is 5.40. The van der Waals surface area contributed by atoms with Gasteiger partial charge >= 0.3 is 0 Å². The topological polar surface area (TPSA) is 46.0 Å². The second-order valence-electron chi connectivity index (χ2n) is 7.28. The molecule has 2 aliphatic heterocycles. The molecule has 2 N–H and O–H groups in total. The number of nitrogens with one attached hydrogen (secondary N) is 2. The van der Waals surface area contributed by atoms with Crippen molar-refractivity contribution in [1.29, 1.82) is 0 Å². The highest BCUT2D eigenvalue weighted by Crippen LogP contribution is 2.19. The summed E-state index contributed by atoms with van der Waals surface area (Å²) >= 11 is 0. The van der Waals surface area contributed by atoms with Crippen molar-refractivity contribution in [2.75, 3.05) is 49.6 Å². The van der Waals surface area contributed by atoms with Gasteiger partial charge in [0.1, 0.15) is 0 Å². The number of quaternary nitrogens is 1. The Morgan fingerprint density at radius 1 is 1.04 bits per heavy atom. The first-order valence-electron chi connectivity index (χ1n) is 9.82. The molecular formula is C20H32N3O2+. The smallest absolute Gasteiger partial charge is 0.282 e. The van der Waals surface area contributed by atoms with Gasteiger partial charge in [0.25, 0.3) is 5.91 Å². The van der Waals surface area contributed by atoms with Crippen LogP contribution in [0.4, 0.5) is 11.4 Å². The van der Waals surface area contributed by atoms with Crippen LogP contribution in [-0.4, -0.2) is 51.3 Å². The van der Waals surface area contributed by atoms with Gasteiger partial charge in [-0.25, -0.2) is 0 Å². The van der Waals surface area contributed by atoms with E-state index in [4.69, 9.17) is 4.74 Å². The first-order chi connectivity index (χ1) is 12.2. The maximum Gasteiger partial charge on any atom is 0.282 e. The first kappa shape index (κ1) is 18.2. The van der Waals surface area contributed by atoms with E-state index in [1.54, 1.807) is 0 Å². The summed E-state index contributed by atoms with van der Waals surface area (Å²) in [7, 11) is 0. The molecule has 138 valence electrons. The summed E-state index contributed by atoms with van der Waals surface area (Å²) in [6, 6.07) is 8.22. The second-order valence-corrected chi connectivity index (χ2v) is 7.28. The number of rotatable bonds is 4. The molecule has 0 aliphatic carbocycles. The molecule has 2 heterocycles. The average molecular weight is 346 g/mol. The van der Waals surface area contributed by atoms with Crippen LogP contribution in [-0.2, 0) is 9.53 Å². The molecule has 0 aromatic heterocycles. The predicted molar refractivity (Wildman–Crippen MR) is 101 cm³/mol. The monoisotopic (exact) mass is 346 g/mol. The standard InChI is InChI=1S/C20H31N3O2/c1-17(22-11-5-3-2-4-6-12-22)20(24)21-18-7-9-19(10-8-18)23-13-15-25-16-14-23/h7-10,17H,2-6,11-16H2,1H3,(H,21,24)/p+1/t17-/m1/s1. The van der Waals surface area contributed by atoms with E-state index in [-0.39, 0.29) is 11.9 Å². The molecule has 2 aliphatic rings. The molecule has 0 radical (unpaired) electrons. The minimum absolute atomic E-state index is 0.0111. The van der Waals surface area contributed by atoms with Gasteiger partial charge in [0.2, 0.25) is 0 Å². The summed E-state index contributed by atoms with van der Waals surface area (Å²) in [5, 5.41) is 3.10. The maximum atomic E-state index is 12.6. The normalized spacial score (nSPS) is 21.2. The molecule has 2 fully saturated rings. The van der Waals surface area contributed by atoms with Crippen molar-refractivity contribution in [3.05, 3.63) is 24.3 Å². The highest BCUT2D eigenvalue weighted by atomic mass is 16.5. The number of hydrogen-bond donors (Lipinski definition) is 2. The molecule has 1 amide bonds. The number of carbonyl (C=O) groups excluding carboxylic acids is 1. The number of likely N-dealkylation sites (tertiary alicyclic amines) is 1. The maximum absolute atomic E-state index is 12.6. The minimum atomic E-state index is 0.0111. The molecule has 5 nitrogen and oxygen atoms in total. The Bertz CT molecular complexity index is 532. The van der Waals surface area contributed by atoms with E-state index in [0.717, 1.165) is 45.1 Å². The van der Waals surface area contributed by atoms with Crippen LogP contribution in [0.15, 0.2) is 24.3 Å². The number of nitrogens with zero attached hydrogens (tertiary/aromatic N) is 1. The van der Waals surface area contributed by atoms with Crippen LogP contribution in [0.5, 0.6) is 0 Å². The third-order valence-electron chi connectivity index (χ3n) is 5.51. The van der Waals surface area contributed by atoms with E-state index in [0.29, 0.717) is 0 Å². The van der Waals surface area contributed by atoms with Crippen LogP contribution in [0.3, 0.4) is 0 Å². The molecule has 5 heteroatoms. The van der Waals surface area contributed by atoms with Crippen LogP contribution in [0.25, 0.3) is 0 Å². The number of ether oxygens (including phenoxy) is 1. The van der Waals surface area contributed by atoms with E-state index < -0.39 is 0 Å². The second kappa shape index (κ2) is 9.20. The van der Waals surface area contributed by atoms with Gasteiger partial charge in [-0.15, -0.1) is 0 Å². The van der Waals surface area contributed by atoms with Crippen molar-refractivity contribution in [2.45, 2.75) is 45.1 Å². The lowest BCUT2D eigenvalue weighted by molar-refractivity contribution is -0.914. The van der Waals surface area contributed by atoms with E-state index in [2.05, 4.69) is 29.3 Å². The highest BCUT2D eigenvalue weighted by Gasteiger charge is 2.25. The summed E-state index contributed by atoms with van der Waals surface area (Å²) in [4.78, 5) is 16.4. The fourth-order valence-electron chi connectivity index (χ4n) is 3.81. The Balaban J connectivity index is 1.54. The summed E-state index contributed by atoms with van der Waals surface area (Å²) in [6.07, 6.45) is 6.44. The van der Waals surface area contributed by atoms with Crippen LogP contribution in [0, 0.1) is 0 Å². The average Bonchev–Trinajstić information content (AvgIpc) is 2.62. The van der Waals surface area contributed by atoms with Crippen LogP contribution >= 0.6 is 0 Å². The molecule has 25 heavy (non-hydrogen) atoms. The van der Waals surface area contributed by atoms with E-state index in [1.807, 2.05) is 12.1 Å². The van der Waals surface area contributed by atoms with Gasteiger partial charge in [-0.3, -0.25) is 4.79 Å². The lowest BCUT2D eigenvalue weighted by Gasteiger charge is -2.29. The van der Waals surface area contributed by atoms with Crippen molar-refractivity contribution in [1.82, 2.24) is 0 Å². The zero-order chi connectivity index (χ0) is 17.5. The van der Waals surface area contributed by atoms with Crippen molar-refractivity contribution in [2.24, 2.45) is 0 Å². The van der Waals surface area contributed by atoms with Gasteiger partial charge in [0, 0.05) is 24.5 Å². The molecule has 0 unspecified atom stereocenters. The lowest BCUT2D eigenvalue weighted by Crippen LogP contribution is -3.16. The van der Waals surface area contributed by atoms with Gasteiger partial charge in [0.05, 0.1) is 26.3 Å². The minimum Gasteiger partial charge on any atom is -0.378 e. The summed E-state index contributed by atoms with van der Waals surface area (Å²) in [5.41, 5.74) is 2.09. The van der Waals surface area contributed by atoms with Gasteiger partial charge in [-0.1, -0.05) is 6.42 Å². The molecule has 1 aromatic rings.